The highest BCUT2D eigenvalue weighted by Crippen LogP contribution is 2.27. The summed E-state index contributed by atoms with van der Waals surface area (Å²) in [4.78, 5) is 28.8. The summed E-state index contributed by atoms with van der Waals surface area (Å²) in [6.07, 6.45) is 1.40. The van der Waals surface area contributed by atoms with Gasteiger partial charge >= 0.3 is 0 Å². The molecule has 3 aromatic carbocycles. The van der Waals surface area contributed by atoms with Gasteiger partial charge in [-0.15, -0.1) is 0 Å². The van der Waals surface area contributed by atoms with E-state index in [0.29, 0.717) is 18.7 Å². The van der Waals surface area contributed by atoms with Gasteiger partial charge in [0, 0.05) is 19.5 Å². The van der Waals surface area contributed by atoms with Crippen LogP contribution >= 0.6 is 0 Å². The Balaban J connectivity index is 2.06. The fraction of sp³-hybridized carbons (Fsp3) is 0.310. The number of nitrogens with one attached hydrogen (secondary N) is 1. The number of carbonyl (C=O) groups is 2. The van der Waals surface area contributed by atoms with Crippen molar-refractivity contribution in [1.82, 2.24) is 10.2 Å². The van der Waals surface area contributed by atoms with Crippen LogP contribution in [-0.4, -0.2) is 50.5 Å². The molecule has 37 heavy (non-hydrogen) atoms. The van der Waals surface area contributed by atoms with Crippen LogP contribution in [0.3, 0.4) is 0 Å². The highest BCUT2D eigenvalue weighted by molar-refractivity contribution is 7.92. The predicted molar refractivity (Wildman–Crippen MR) is 148 cm³/mol. The normalized spacial score (nSPS) is 12.0. The van der Waals surface area contributed by atoms with E-state index in [4.69, 9.17) is 0 Å². The van der Waals surface area contributed by atoms with Crippen molar-refractivity contribution < 1.29 is 18.0 Å². The van der Waals surface area contributed by atoms with Crippen LogP contribution in [0.1, 0.15) is 29.2 Å². The zero-order chi connectivity index (χ0) is 27.0. The summed E-state index contributed by atoms with van der Waals surface area (Å²) in [6.45, 7) is 5.63. The van der Waals surface area contributed by atoms with Crippen molar-refractivity contribution in [3.8, 4) is 0 Å². The van der Waals surface area contributed by atoms with Gasteiger partial charge < -0.3 is 10.2 Å². The van der Waals surface area contributed by atoms with Crippen molar-refractivity contribution in [2.24, 2.45) is 0 Å². The molecule has 8 heteroatoms. The zero-order valence-electron chi connectivity index (χ0n) is 21.8. The van der Waals surface area contributed by atoms with Crippen LogP contribution in [0.2, 0.25) is 0 Å². The molecule has 3 rings (SSSR count). The molecule has 0 aliphatic heterocycles. The average Bonchev–Trinajstić information content (AvgIpc) is 2.86. The van der Waals surface area contributed by atoms with Crippen LogP contribution in [0.15, 0.2) is 78.9 Å². The van der Waals surface area contributed by atoms with E-state index in [-0.39, 0.29) is 12.5 Å². The van der Waals surface area contributed by atoms with Gasteiger partial charge in [0.15, 0.2) is 0 Å². The van der Waals surface area contributed by atoms with E-state index in [0.717, 1.165) is 32.8 Å². The fourth-order valence-electron chi connectivity index (χ4n) is 4.40. The fourth-order valence-corrected chi connectivity index (χ4v) is 5.37. The quantitative estimate of drug-likeness (QED) is 0.415. The van der Waals surface area contributed by atoms with E-state index in [9.17, 15) is 18.0 Å². The first-order valence-electron chi connectivity index (χ1n) is 12.3. The lowest BCUT2D eigenvalue weighted by Crippen LogP contribution is -2.53. The Bertz CT molecular complexity index is 1290. The van der Waals surface area contributed by atoms with Gasteiger partial charge in [-0.2, -0.15) is 0 Å². The molecule has 0 aromatic heterocycles. The minimum absolute atomic E-state index is 0.165. The Labute approximate surface area is 220 Å². The molecule has 0 saturated carbocycles. The molecule has 0 radical (unpaired) electrons. The summed E-state index contributed by atoms with van der Waals surface area (Å²) in [5, 5.41) is 2.86. The minimum Gasteiger partial charge on any atom is -0.355 e. The molecule has 0 spiro atoms. The topological polar surface area (TPSA) is 86.8 Å². The molecule has 1 unspecified atom stereocenters. The molecule has 7 nitrogen and oxygen atoms in total. The van der Waals surface area contributed by atoms with Gasteiger partial charge in [0.05, 0.1) is 11.9 Å². The number of likely N-dealkylation sites (N-methyl/N-ethyl adjacent to an activating group) is 1. The molecule has 2 amide bonds. The van der Waals surface area contributed by atoms with Crippen molar-refractivity contribution in [3.63, 3.8) is 0 Å². The first-order chi connectivity index (χ1) is 17.6. The maximum atomic E-state index is 14.0. The van der Waals surface area contributed by atoms with Crippen molar-refractivity contribution in [1.29, 1.82) is 0 Å². The summed E-state index contributed by atoms with van der Waals surface area (Å²) in [7, 11) is -3.79. The third kappa shape index (κ3) is 7.43. The molecule has 196 valence electrons. The number of hydrogen-bond acceptors (Lipinski definition) is 4. The summed E-state index contributed by atoms with van der Waals surface area (Å²) < 4.78 is 27.0. The summed E-state index contributed by atoms with van der Waals surface area (Å²) in [5.41, 5.74) is 3.72. The van der Waals surface area contributed by atoms with Crippen molar-refractivity contribution in [2.75, 3.05) is 23.7 Å². The molecular formula is C29H35N3O4S. The van der Waals surface area contributed by atoms with Gasteiger partial charge in [-0.05, 0) is 43.0 Å². The van der Waals surface area contributed by atoms with Gasteiger partial charge in [0.1, 0.15) is 12.6 Å². The SMILES string of the molecule is CCNC(=O)C(Cc1ccccc1)N(Cc1ccccc1)C(=O)CN(c1c(C)cccc1C)S(C)(=O)=O. The molecule has 0 aliphatic rings. The first-order valence-corrected chi connectivity index (χ1v) is 14.2. The van der Waals surface area contributed by atoms with Crippen molar-refractivity contribution >= 4 is 27.5 Å². The zero-order valence-corrected chi connectivity index (χ0v) is 22.7. The molecule has 3 aromatic rings. The Morgan fingerprint density at radius 2 is 1.38 bits per heavy atom. The maximum Gasteiger partial charge on any atom is 0.244 e. The largest absolute Gasteiger partial charge is 0.355 e. The van der Waals surface area contributed by atoms with Crippen LogP contribution in [-0.2, 0) is 32.6 Å². The Morgan fingerprint density at radius 1 is 0.838 bits per heavy atom. The molecule has 0 saturated heterocycles. The molecule has 0 bridgehead atoms. The van der Waals surface area contributed by atoms with Gasteiger partial charge in [-0.1, -0.05) is 78.9 Å². The van der Waals surface area contributed by atoms with E-state index < -0.39 is 28.5 Å². The molecule has 0 heterocycles. The highest BCUT2D eigenvalue weighted by atomic mass is 32.2. The van der Waals surface area contributed by atoms with E-state index in [2.05, 4.69) is 5.32 Å². The number of aryl methyl sites for hydroxylation is 2. The Hall–Kier alpha value is -3.65. The lowest BCUT2D eigenvalue weighted by molar-refractivity contribution is -0.140. The number of carbonyl (C=O) groups excluding carboxylic acids is 2. The molecule has 0 fully saturated rings. The van der Waals surface area contributed by atoms with Crippen LogP contribution in [0.25, 0.3) is 0 Å². The number of nitrogens with zero attached hydrogens (tertiary/aromatic N) is 2. The third-order valence-corrected chi connectivity index (χ3v) is 7.30. The van der Waals surface area contributed by atoms with Crippen LogP contribution in [0.4, 0.5) is 5.69 Å². The maximum absolute atomic E-state index is 14.0. The van der Waals surface area contributed by atoms with Crippen LogP contribution < -0.4 is 9.62 Å². The highest BCUT2D eigenvalue weighted by Gasteiger charge is 2.33. The molecule has 1 N–H and O–H groups in total. The second kappa shape index (κ2) is 12.5. The second-order valence-electron chi connectivity index (χ2n) is 9.12. The summed E-state index contributed by atoms with van der Waals surface area (Å²) in [6, 6.07) is 23.6. The first kappa shape index (κ1) is 27.9. The molecule has 0 aliphatic carbocycles. The minimum atomic E-state index is -3.79. The summed E-state index contributed by atoms with van der Waals surface area (Å²) in [5.74, 6) is -0.738. The van der Waals surface area contributed by atoms with Gasteiger partial charge in [0.25, 0.3) is 0 Å². The lowest BCUT2D eigenvalue weighted by Gasteiger charge is -2.34. The smallest absolute Gasteiger partial charge is 0.244 e. The monoisotopic (exact) mass is 521 g/mol. The number of rotatable bonds is 11. The van der Waals surface area contributed by atoms with Crippen molar-refractivity contribution in [2.45, 2.75) is 39.8 Å². The number of para-hydroxylation sites is 1. The van der Waals surface area contributed by atoms with E-state index in [1.807, 2.05) is 99.6 Å². The Morgan fingerprint density at radius 3 is 1.89 bits per heavy atom. The van der Waals surface area contributed by atoms with Gasteiger partial charge in [-0.3, -0.25) is 13.9 Å². The van der Waals surface area contributed by atoms with Gasteiger partial charge in [0.2, 0.25) is 21.8 Å². The van der Waals surface area contributed by atoms with E-state index in [1.54, 1.807) is 0 Å². The third-order valence-electron chi connectivity index (χ3n) is 6.19. The molecule has 1 atom stereocenters. The standard InChI is InChI=1S/C29H35N3O4S/c1-5-30-29(34)26(19-24-15-8-6-9-16-24)31(20-25-17-10-7-11-18-25)27(33)21-32(37(4,35)36)28-22(2)13-12-14-23(28)3/h6-18,26H,5,19-21H2,1-4H3,(H,30,34). The summed E-state index contributed by atoms with van der Waals surface area (Å²) >= 11 is 0. The van der Waals surface area contributed by atoms with E-state index in [1.165, 1.54) is 4.90 Å². The van der Waals surface area contributed by atoms with E-state index >= 15 is 0 Å². The Kier molecular flexibility index (Phi) is 9.47. The van der Waals surface area contributed by atoms with Crippen LogP contribution in [0.5, 0.6) is 0 Å². The number of hydrogen-bond donors (Lipinski definition) is 1. The number of benzene rings is 3. The second-order valence-corrected chi connectivity index (χ2v) is 11.0. The number of sulfonamides is 1. The van der Waals surface area contributed by atoms with Crippen LogP contribution in [0, 0.1) is 13.8 Å². The molecular weight excluding hydrogens is 486 g/mol. The number of amides is 2. The lowest BCUT2D eigenvalue weighted by atomic mass is 10.0. The predicted octanol–water partition coefficient (Wildman–Crippen LogP) is 3.85. The average molecular weight is 522 g/mol. The van der Waals surface area contributed by atoms with Crippen molar-refractivity contribution in [3.05, 3.63) is 101 Å². The van der Waals surface area contributed by atoms with Gasteiger partial charge in [-0.25, -0.2) is 8.42 Å². The number of anilines is 1.